The summed E-state index contributed by atoms with van der Waals surface area (Å²) in [4.78, 5) is 12.1. The van der Waals surface area contributed by atoms with E-state index >= 15 is 0 Å². The molecule has 3 rings (SSSR count). The number of amides is 1. The third kappa shape index (κ3) is 4.67. The number of benzene rings is 2. The van der Waals surface area contributed by atoms with Gasteiger partial charge in [-0.3, -0.25) is 4.79 Å². The topological polar surface area (TPSA) is 53.8 Å². The summed E-state index contributed by atoms with van der Waals surface area (Å²) in [6.45, 7) is 1.78. The minimum atomic E-state index is -0.300. The molecule has 0 saturated carbocycles. The largest absolute Gasteiger partial charge is 0.303 e. The molecule has 7 heteroatoms. The van der Waals surface area contributed by atoms with Crippen molar-refractivity contribution in [3.63, 3.8) is 0 Å². The van der Waals surface area contributed by atoms with E-state index in [-0.39, 0.29) is 17.0 Å². The fourth-order valence-corrected chi connectivity index (χ4v) is 3.38. The number of halogens is 2. The van der Waals surface area contributed by atoms with Crippen LogP contribution in [-0.2, 0) is 11.2 Å². The molecule has 1 atom stereocenters. The molecule has 4 nitrogen and oxygen atoms in total. The maximum absolute atomic E-state index is 12.9. The van der Waals surface area contributed by atoms with Crippen molar-refractivity contribution in [2.24, 2.45) is 10.2 Å². The smallest absolute Gasteiger partial charge is 0.239 e. The number of thioether (sulfide) groups is 1. The Balaban J connectivity index is 1.66. The van der Waals surface area contributed by atoms with Crippen LogP contribution in [0.3, 0.4) is 0 Å². The molecule has 128 valence electrons. The Bertz CT molecular complexity index is 834. The lowest BCUT2D eigenvalue weighted by molar-refractivity contribution is -0.118. The van der Waals surface area contributed by atoms with E-state index in [9.17, 15) is 9.18 Å². The molecule has 1 N–H and O–H groups in total. The molecule has 1 aliphatic heterocycles. The Labute approximate surface area is 154 Å². The van der Waals surface area contributed by atoms with Crippen LogP contribution in [0.5, 0.6) is 0 Å². The average Bonchev–Trinajstić information content (AvgIpc) is 2.95. The van der Waals surface area contributed by atoms with Gasteiger partial charge in [0.1, 0.15) is 5.82 Å². The normalized spacial score (nSPS) is 19.3. The Morgan fingerprint density at radius 1 is 1.20 bits per heavy atom. The van der Waals surface area contributed by atoms with Crippen LogP contribution in [0.15, 0.2) is 58.7 Å². The zero-order valence-corrected chi connectivity index (χ0v) is 14.9. The minimum absolute atomic E-state index is 0.0895. The quantitative estimate of drug-likeness (QED) is 0.647. The molecular formula is C18H15ClFN3OS. The summed E-state index contributed by atoms with van der Waals surface area (Å²) >= 11 is 7.22. The highest BCUT2D eigenvalue weighted by atomic mass is 35.5. The van der Waals surface area contributed by atoms with Gasteiger partial charge in [-0.15, -0.1) is 5.10 Å². The van der Waals surface area contributed by atoms with Gasteiger partial charge in [-0.1, -0.05) is 47.6 Å². The van der Waals surface area contributed by atoms with E-state index in [0.717, 1.165) is 11.1 Å². The molecule has 0 radical (unpaired) electrons. The summed E-state index contributed by atoms with van der Waals surface area (Å²) < 4.78 is 12.9. The van der Waals surface area contributed by atoms with Crippen LogP contribution in [0.1, 0.15) is 18.1 Å². The zero-order chi connectivity index (χ0) is 17.8. The van der Waals surface area contributed by atoms with Crippen molar-refractivity contribution >= 4 is 40.1 Å². The van der Waals surface area contributed by atoms with E-state index in [1.54, 1.807) is 31.2 Å². The average molecular weight is 376 g/mol. The van der Waals surface area contributed by atoms with E-state index in [2.05, 4.69) is 15.5 Å². The summed E-state index contributed by atoms with van der Waals surface area (Å²) in [7, 11) is 0. The SMILES string of the molecule is C/C(=N\N=C1\NC(=O)[C@@H](Cc2ccc(Cl)cc2)S1)c1ccc(F)cc1. The van der Waals surface area contributed by atoms with Gasteiger partial charge in [-0.2, -0.15) is 5.10 Å². The Morgan fingerprint density at radius 3 is 2.56 bits per heavy atom. The minimum Gasteiger partial charge on any atom is -0.303 e. The van der Waals surface area contributed by atoms with Gasteiger partial charge in [0.25, 0.3) is 0 Å². The summed E-state index contributed by atoms with van der Waals surface area (Å²) in [6.07, 6.45) is 0.591. The lowest BCUT2D eigenvalue weighted by atomic mass is 10.1. The molecule has 0 unspecified atom stereocenters. The number of hydrogen-bond acceptors (Lipinski definition) is 4. The monoisotopic (exact) mass is 375 g/mol. The first-order valence-corrected chi connectivity index (χ1v) is 8.87. The van der Waals surface area contributed by atoms with Crippen LogP contribution < -0.4 is 5.32 Å². The lowest BCUT2D eigenvalue weighted by Gasteiger charge is -2.05. The van der Waals surface area contributed by atoms with Crippen LogP contribution in [0, 0.1) is 5.82 Å². The molecule has 1 saturated heterocycles. The first kappa shape index (κ1) is 17.6. The molecular weight excluding hydrogens is 361 g/mol. The molecule has 1 aliphatic rings. The maximum atomic E-state index is 12.9. The van der Waals surface area contributed by atoms with Gasteiger partial charge in [0.2, 0.25) is 5.91 Å². The Hall–Kier alpha value is -2.18. The fraction of sp³-hybridized carbons (Fsp3) is 0.167. The molecule has 0 bridgehead atoms. The van der Waals surface area contributed by atoms with E-state index in [1.807, 2.05) is 12.1 Å². The first-order chi connectivity index (χ1) is 12.0. The van der Waals surface area contributed by atoms with E-state index in [0.29, 0.717) is 22.3 Å². The second-order valence-electron chi connectivity index (χ2n) is 5.52. The molecule has 1 fully saturated rings. The number of carbonyl (C=O) groups is 1. The van der Waals surface area contributed by atoms with Crippen molar-refractivity contribution < 1.29 is 9.18 Å². The number of rotatable bonds is 4. The number of amidine groups is 1. The third-order valence-corrected chi connectivity index (χ3v) is 4.99. The van der Waals surface area contributed by atoms with Crippen LogP contribution in [0.2, 0.25) is 5.02 Å². The highest BCUT2D eigenvalue weighted by Crippen LogP contribution is 2.24. The van der Waals surface area contributed by atoms with Crippen molar-refractivity contribution in [2.75, 3.05) is 0 Å². The predicted octanol–water partition coefficient (Wildman–Crippen LogP) is 4.03. The molecule has 2 aromatic carbocycles. The van der Waals surface area contributed by atoms with Gasteiger partial charge in [0.05, 0.1) is 11.0 Å². The fourth-order valence-electron chi connectivity index (χ4n) is 2.29. The van der Waals surface area contributed by atoms with Gasteiger partial charge in [-0.05, 0) is 48.7 Å². The van der Waals surface area contributed by atoms with Crippen LogP contribution in [-0.4, -0.2) is 22.0 Å². The Kier molecular flexibility index (Phi) is 5.50. The Morgan fingerprint density at radius 2 is 1.88 bits per heavy atom. The van der Waals surface area contributed by atoms with Gasteiger partial charge in [-0.25, -0.2) is 4.39 Å². The van der Waals surface area contributed by atoms with Crippen LogP contribution in [0.4, 0.5) is 4.39 Å². The molecule has 1 heterocycles. The highest BCUT2D eigenvalue weighted by molar-refractivity contribution is 8.15. The van der Waals surface area contributed by atoms with Crippen LogP contribution >= 0.6 is 23.4 Å². The van der Waals surface area contributed by atoms with Crippen molar-refractivity contribution in [2.45, 2.75) is 18.6 Å². The maximum Gasteiger partial charge on any atom is 0.239 e. The van der Waals surface area contributed by atoms with Crippen molar-refractivity contribution in [1.29, 1.82) is 0 Å². The predicted molar refractivity (Wildman–Crippen MR) is 101 cm³/mol. The molecule has 0 spiro atoms. The molecule has 25 heavy (non-hydrogen) atoms. The molecule has 0 aliphatic carbocycles. The zero-order valence-electron chi connectivity index (χ0n) is 13.4. The van der Waals surface area contributed by atoms with Gasteiger partial charge in [0.15, 0.2) is 5.17 Å². The second-order valence-corrected chi connectivity index (χ2v) is 7.15. The van der Waals surface area contributed by atoms with E-state index < -0.39 is 0 Å². The van der Waals surface area contributed by atoms with Gasteiger partial charge in [0, 0.05) is 5.02 Å². The highest BCUT2D eigenvalue weighted by Gasteiger charge is 2.30. The second kappa shape index (κ2) is 7.80. The summed E-state index contributed by atoms with van der Waals surface area (Å²) in [6, 6.07) is 13.4. The number of hydrogen-bond donors (Lipinski definition) is 1. The number of carbonyl (C=O) groups excluding carboxylic acids is 1. The van der Waals surface area contributed by atoms with Crippen molar-refractivity contribution in [1.82, 2.24) is 5.32 Å². The first-order valence-electron chi connectivity index (χ1n) is 7.61. The third-order valence-electron chi connectivity index (χ3n) is 3.66. The van der Waals surface area contributed by atoms with Crippen molar-refractivity contribution in [3.8, 4) is 0 Å². The standard InChI is InChI=1S/C18H15ClFN3OS/c1-11(13-4-8-15(20)9-5-13)22-23-18-21-17(24)16(25-18)10-12-2-6-14(19)7-3-12/h2-9,16H,10H2,1H3,(H,21,23,24)/b22-11+/t16-/m1/s1. The van der Waals surface area contributed by atoms with Gasteiger partial charge >= 0.3 is 0 Å². The summed E-state index contributed by atoms with van der Waals surface area (Å²) in [5.41, 5.74) is 2.45. The summed E-state index contributed by atoms with van der Waals surface area (Å²) in [5, 5.41) is 11.8. The molecule has 2 aromatic rings. The molecule has 1 amide bonds. The lowest BCUT2D eigenvalue weighted by Crippen LogP contribution is -2.25. The van der Waals surface area contributed by atoms with E-state index in [4.69, 9.17) is 11.6 Å². The number of nitrogens with one attached hydrogen (secondary N) is 1. The number of nitrogens with zero attached hydrogens (tertiary/aromatic N) is 2. The summed E-state index contributed by atoms with van der Waals surface area (Å²) in [5.74, 6) is -0.389. The van der Waals surface area contributed by atoms with Gasteiger partial charge < -0.3 is 5.32 Å². The van der Waals surface area contributed by atoms with Crippen molar-refractivity contribution in [3.05, 3.63) is 70.5 Å². The molecule has 0 aromatic heterocycles. The van der Waals surface area contributed by atoms with Crippen LogP contribution in [0.25, 0.3) is 0 Å². The van der Waals surface area contributed by atoms with E-state index in [1.165, 1.54) is 23.9 Å².